The summed E-state index contributed by atoms with van der Waals surface area (Å²) in [6.45, 7) is 2.47. The quantitative estimate of drug-likeness (QED) is 0.707. The van der Waals surface area contributed by atoms with Gasteiger partial charge in [-0.15, -0.1) is 0 Å². The molecule has 0 bridgehead atoms. The SMILES string of the molecule is Cc1nccc(C(=O)N2CCCC[C@H]2c2ncc(Cc3ccccc3)o2)n1. The Hall–Kier alpha value is -3.02. The molecule has 0 spiro atoms. The van der Waals surface area contributed by atoms with Crippen LogP contribution in [0.4, 0.5) is 0 Å². The molecule has 1 fully saturated rings. The number of likely N-dealkylation sites (tertiary alicyclic amines) is 1. The standard InChI is InChI=1S/C21H22N4O2/c1-15-22-11-10-18(24-15)21(26)25-12-6-5-9-19(25)20-23-14-17(27-20)13-16-7-3-2-4-8-16/h2-4,7-8,10-11,14,19H,5-6,9,12-13H2,1H3/t19-/m0/s1. The number of aromatic nitrogens is 3. The van der Waals surface area contributed by atoms with Gasteiger partial charge in [0.25, 0.3) is 5.91 Å². The molecule has 1 amide bonds. The molecule has 6 heteroatoms. The summed E-state index contributed by atoms with van der Waals surface area (Å²) in [7, 11) is 0. The second-order valence-corrected chi connectivity index (χ2v) is 6.83. The average molecular weight is 362 g/mol. The second-order valence-electron chi connectivity index (χ2n) is 6.83. The molecule has 1 aliphatic heterocycles. The summed E-state index contributed by atoms with van der Waals surface area (Å²) in [4.78, 5) is 27.7. The summed E-state index contributed by atoms with van der Waals surface area (Å²) in [5.41, 5.74) is 1.60. The Balaban J connectivity index is 1.55. The number of piperidine rings is 1. The molecule has 1 aliphatic rings. The lowest BCUT2D eigenvalue weighted by Crippen LogP contribution is -2.39. The number of carbonyl (C=O) groups is 1. The highest BCUT2D eigenvalue weighted by atomic mass is 16.4. The number of amides is 1. The summed E-state index contributed by atoms with van der Waals surface area (Å²) < 4.78 is 6.03. The Labute approximate surface area is 158 Å². The highest BCUT2D eigenvalue weighted by Gasteiger charge is 2.32. The van der Waals surface area contributed by atoms with Gasteiger partial charge in [0.1, 0.15) is 23.3 Å². The van der Waals surface area contributed by atoms with Crippen molar-refractivity contribution in [3.05, 3.63) is 77.5 Å². The molecule has 0 aliphatic carbocycles. The molecule has 0 radical (unpaired) electrons. The third-order valence-electron chi connectivity index (χ3n) is 4.84. The van der Waals surface area contributed by atoms with E-state index in [9.17, 15) is 4.79 Å². The monoisotopic (exact) mass is 362 g/mol. The highest BCUT2D eigenvalue weighted by Crippen LogP contribution is 2.32. The van der Waals surface area contributed by atoms with Crippen LogP contribution in [0.15, 0.2) is 53.2 Å². The molecule has 1 saturated heterocycles. The first-order valence-corrected chi connectivity index (χ1v) is 9.30. The van der Waals surface area contributed by atoms with E-state index in [1.807, 2.05) is 23.1 Å². The van der Waals surface area contributed by atoms with Gasteiger partial charge in [-0.25, -0.2) is 15.0 Å². The van der Waals surface area contributed by atoms with Crippen molar-refractivity contribution in [2.75, 3.05) is 6.54 Å². The van der Waals surface area contributed by atoms with Gasteiger partial charge in [0.2, 0.25) is 5.89 Å². The van der Waals surface area contributed by atoms with Gasteiger partial charge in [0.15, 0.2) is 0 Å². The lowest BCUT2D eigenvalue weighted by Gasteiger charge is -2.33. The van der Waals surface area contributed by atoms with E-state index < -0.39 is 0 Å². The summed E-state index contributed by atoms with van der Waals surface area (Å²) in [6, 6.07) is 11.7. The van der Waals surface area contributed by atoms with Crippen molar-refractivity contribution in [1.82, 2.24) is 19.9 Å². The molecule has 0 saturated carbocycles. The van der Waals surface area contributed by atoms with Gasteiger partial charge in [-0.2, -0.15) is 0 Å². The molecule has 0 N–H and O–H groups in total. The molecule has 1 atom stereocenters. The van der Waals surface area contributed by atoms with Crippen molar-refractivity contribution < 1.29 is 9.21 Å². The number of carbonyl (C=O) groups excluding carboxylic acids is 1. The van der Waals surface area contributed by atoms with Gasteiger partial charge in [-0.3, -0.25) is 4.79 Å². The van der Waals surface area contributed by atoms with Gasteiger partial charge in [0, 0.05) is 19.2 Å². The lowest BCUT2D eigenvalue weighted by atomic mass is 10.0. The van der Waals surface area contributed by atoms with Crippen LogP contribution in [-0.4, -0.2) is 32.3 Å². The Bertz CT molecular complexity index is 923. The number of aryl methyl sites for hydroxylation is 1. The van der Waals surface area contributed by atoms with E-state index >= 15 is 0 Å². The minimum Gasteiger partial charge on any atom is -0.443 e. The van der Waals surface area contributed by atoms with Crippen LogP contribution in [0.1, 0.15) is 58.8 Å². The van der Waals surface area contributed by atoms with E-state index in [2.05, 4.69) is 27.1 Å². The van der Waals surface area contributed by atoms with Crippen LogP contribution in [-0.2, 0) is 6.42 Å². The van der Waals surface area contributed by atoms with Crippen LogP contribution in [0.3, 0.4) is 0 Å². The summed E-state index contributed by atoms with van der Waals surface area (Å²) >= 11 is 0. The summed E-state index contributed by atoms with van der Waals surface area (Å²) in [5, 5.41) is 0. The lowest BCUT2D eigenvalue weighted by molar-refractivity contribution is 0.0563. The number of rotatable bonds is 4. The molecular formula is C21H22N4O2. The molecule has 4 rings (SSSR count). The van der Waals surface area contributed by atoms with Gasteiger partial charge in [0.05, 0.1) is 6.20 Å². The fraction of sp³-hybridized carbons (Fsp3) is 0.333. The molecule has 3 heterocycles. The Morgan fingerprint density at radius 2 is 2.04 bits per heavy atom. The Morgan fingerprint density at radius 1 is 1.19 bits per heavy atom. The number of hydrogen-bond donors (Lipinski definition) is 0. The number of nitrogens with zero attached hydrogens (tertiary/aromatic N) is 4. The maximum Gasteiger partial charge on any atom is 0.273 e. The van der Waals surface area contributed by atoms with E-state index in [0.717, 1.165) is 25.0 Å². The number of hydrogen-bond acceptors (Lipinski definition) is 5. The normalized spacial score (nSPS) is 17.1. The van der Waals surface area contributed by atoms with Crippen LogP contribution < -0.4 is 0 Å². The molecular weight excluding hydrogens is 340 g/mol. The van der Waals surface area contributed by atoms with E-state index in [4.69, 9.17) is 4.42 Å². The van der Waals surface area contributed by atoms with Crippen molar-refractivity contribution >= 4 is 5.91 Å². The zero-order valence-electron chi connectivity index (χ0n) is 15.3. The molecule has 0 unspecified atom stereocenters. The molecule has 6 nitrogen and oxygen atoms in total. The second kappa shape index (κ2) is 7.70. The first-order chi connectivity index (χ1) is 13.2. The molecule has 27 heavy (non-hydrogen) atoms. The fourth-order valence-electron chi connectivity index (χ4n) is 3.51. The zero-order chi connectivity index (χ0) is 18.6. The number of oxazole rings is 1. The van der Waals surface area contributed by atoms with Gasteiger partial charge < -0.3 is 9.32 Å². The van der Waals surface area contributed by atoms with Gasteiger partial charge in [-0.05, 0) is 37.8 Å². The number of benzene rings is 1. The third-order valence-corrected chi connectivity index (χ3v) is 4.84. The Morgan fingerprint density at radius 3 is 2.85 bits per heavy atom. The van der Waals surface area contributed by atoms with E-state index in [0.29, 0.717) is 30.4 Å². The van der Waals surface area contributed by atoms with E-state index in [1.54, 1.807) is 25.4 Å². The molecule has 1 aromatic carbocycles. The summed E-state index contributed by atoms with van der Waals surface area (Å²) in [5.74, 6) is 1.93. The fourth-order valence-corrected chi connectivity index (χ4v) is 3.51. The van der Waals surface area contributed by atoms with Crippen molar-refractivity contribution in [1.29, 1.82) is 0 Å². The van der Waals surface area contributed by atoms with Crippen molar-refractivity contribution in [3.8, 4) is 0 Å². The topological polar surface area (TPSA) is 72.1 Å². The molecule has 138 valence electrons. The van der Waals surface area contributed by atoms with Crippen molar-refractivity contribution in [2.45, 2.75) is 38.6 Å². The minimum atomic E-state index is -0.147. The Kier molecular flexibility index (Phi) is 4.96. The first kappa shape index (κ1) is 17.4. The third kappa shape index (κ3) is 3.89. The molecule has 2 aromatic heterocycles. The van der Waals surface area contributed by atoms with E-state index in [1.165, 1.54) is 5.56 Å². The van der Waals surface area contributed by atoms with Crippen LogP contribution in [0.5, 0.6) is 0 Å². The van der Waals surface area contributed by atoms with E-state index in [-0.39, 0.29) is 11.9 Å². The molecule has 3 aromatic rings. The highest BCUT2D eigenvalue weighted by molar-refractivity contribution is 5.92. The predicted molar refractivity (Wildman–Crippen MR) is 100 cm³/mol. The largest absolute Gasteiger partial charge is 0.443 e. The van der Waals surface area contributed by atoms with Gasteiger partial charge in [-0.1, -0.05) is 30.3 Å². The first-order valence-electron chi connectivity index (χ1n) is 9.30. The van der Waals surface area contributed by atoms with Gasteiger partial charge >= 0.3 is 0 Å². The summed E-state index contributed by atoms with van der Waals surface area (Å²) in [6.07, 6.45) is 6.96. The zero-order valence-corrected chi connectivity index (χ0v) is 15.3. The van der Waals surface area contributed by atoms with Crippen LogP contribution >= 0.6 is 0 Å². The predicted octanol–water partition coefficient (Wildman–Crippen LogP) is 3.73. The average Bonchev–Trinajstić information content (AvgIpc) is 3.16. The van der Waals surface area contributed by atoms with Crippen LogP contribution in [0, 0.1) is 6.92 Å². The van der Waals surface area contributed by atoms with Crippen LogP contribution in [0.25, 0.3) is 0 Å². The maximum absolute atomic E-state index is 13.0. The van der Waals surface area contributed by atoms with Crippen molar-refractivity contribution in [3.63, 3.8) is 0 Å². The van der Waals surface area contributed by atoms with Crippen LogP contribution in [0.2, 0.25) is 0 Å². The maximum atomic E-state index is 13.0. The van der Waals surface area contributed by atoms with Crippen molar-refractivity contribution in [2.24, 2.45) is 0 Å². The smallest absolute Gasteiger partial charge is 0.273 e. The minimum absolute atomic E-state index is 0.0898.